The first-order valence-electron chi connectivity index (χ1n) is 12.8. The van der Waals surface area contributed by atoms with Gasteiger partial charge in [-0.1, -0.05) is 6.42 Å². The summed E-state index contributed by atoms with van der Waals surface area (Å²) in [6.45, 7) is 6.02. The summed E-state index contributed by atoms with van der Waals surface area (Å²) in [5.41, 5.74) is -1.43. The summed E-state index contributed by atoms with van der Waals surface area (Å²) in [6.07, 6.45) is -2.12. The Labute approximate surface area is 225 Å². The van der Waals surface area contributed by atoms with Crippen LogP contribution in [0, 0.1) is 11.3 Å². The molecule has 1 aromatic carbocycles. The minimum atomic E-state index is -4.79. The van der Waals surface area contributed by atoms with Crippen molar-refractivity contribution in [1.82, 2.24) is 9.80 Å². The lowest BCUT2D eigenvalue weighted by Gasteiger charge is -2.34. The molecule has 0 radical (unpaired) electrons. The Morgan fingerprint density at radius 2 is 1.77 bits per heavy atom. The van der Waals surface area contributed by atoms with E-state index in [9.17, 15) is 27.6 Å². The molecule has 0 aliphatic carbocycles. The van der Waals surface area contributed by atoms with Crippen LogP contribution in [-0.4, -0.2) is 87.2 Å². The number of methoxy groups -OCH3 is 1. The molecule has 1 aromatic rings. The molecule has 3 amide bonds. The van der Waals surface area contributed by atoms with E-state index in [1.165, 1.54) is 19.1 Å². The van der Waals surface area contributed by atoms with Gasteiger partial charge in [-0.2, -0.15) is 18.4 Å². The Morgan fingerprint density at radius 3 is 2.41 bits per heavy atom. The van der Waals surface area contributed by atoms with Gasteiger partial charge in [-0.05, 0) is 50.9 Å². The molecule has 9 nitrogen and oxygen atoms in total. The zero-order valence-corrected chi connectivity index (χ0v) is 22.2. The molecule has 0 atom stereocenters. The summed E-state index contributed by atoms with van der Waals surface area (Å²) in [6, 6.07) is 4.32. The molecule has 0 spiro atoms. The van der Waals surface area contributed by atoms with Crippen LogP contribution in [0.2, 0.25) is 0 Å². The second-order valence-electron chi connectivity index (χ2n) is 9.47. The maximum atomic E-state index is 13.4. The lowest BCUT2D eigenvalue weighted by Crippen LogP contribution is -2.49. The van der Waals surface area contributed by atoms with E-state index in [1.807, 2.05) is 0 Å². The number of unbranched alkanes of at least 4 members (excludes halogenated alkanes) is 2. The van der Waals surface area contributed by atoms with Crippen molar-refractivity contribution in [2.75, 3.05) is 64.6 Å². The van der Waals surface area contributed by atoms with Gasteiger partial charge in [-0.3, -0.25) is 19.3 Å². The van der Waals surface area contributed by atoms with Crippen LogP contribution >= 0.6 is 0 Å². The highest BCUT2D eigenvalue weighted by Gasteiger charge is 2.39. The molecule has 2 aliphatic heterocycles. The van der Waals surface area contributed by atoms with Crippen LogP contribution in [0.1, 0.15) is 43.7 Å². The molecule has 0 bridgehead atoms. The van der Waals surface area contributed by atoms with E-state index < -0.39 is 29.1 Å². The van der Waals surface area contributed by atoms with E-state index in [2.05, 4.69) is 4.90 Å². The molecule has 0 N–H and O–H groups in total. The minimum absolute atomic E-state index is 0.0325. The van der Waals surface area contributed by atoms with Crippen molar-refractivity contribution in [3.8, 4) is 6.07 Å². The SMILES string of the molecule is COCCOCC(=O)N1CCN(CCCCCC2=C(C)C(=O)N(c3ccc(C#N)c(C(F)(F)F)c3)C2=O)CC1. The van der Waals surface area contributed by atoms with Crippen molar-refractivity contribution in [2.24, 2.45) is 0 Å². The first-order chi connectivity index (χ1) is 18.6. The molecule has 12 heteroatoms. The Kier molecular flexibility index (Phi) is 10.6. The molecule has 0 saturated carbocycles. The second kappa shape index (κ2) is 13.7. The molecule has 0 aromatic heterocycles. The summed E-state index contributed by atoms with van der Waals surface area (Å²) in [5.74, 6) is -1.30. The Morgan fingerprint density at radius 1 is 1.05 bits per heavy atom. The number of halogens is 3. The third-order valence-corrected chi connectivity index (χ3v) is 6.91. The molecule has 1 fully saturated rings. The second-order valence-corrected chi connectivity index (χ2v) is 9.47. The number of carbonyl (C=O) groups is 3. The third kappa shape index (κ3) is 7.65. The van der Waals surface area contributed by atoms with Crippen LogP contribution in [0.4, 0.5) is 18.9 Å². The lowest BCUT2D eigenvalue weighted by molar-refractivity contribution is -0.138. The largest absolute Gasteiger partial charge is 0.417 e. The maximum Gasteiger partial charge on any atom is 0.417 e. The van der Waals surface area contributed by atoms with Crippen LogP contribution in [-0.2, 0) is 30.0 Å². The third-order valence-electron chi connectivity index (χ3n) is 6.91. The van der Waals surface area contributed by atoms with Gasteiger partial charge in [-0.15, -0.1) is 0 Å². The maximum absolute atomic E-state index is 13.4. The number of piperazine rings is 1. The summed E-state index contributed by atoms with van der Waals surface area (Å²) in [4.78, 5) is 42.7. The topological polar surface area (TPSA) is 103 Å². The number of ether oxygens (including phenoxy) is 2. The molecule has 39 heavy (non-hydrogen) atoms. The highest BCUT2D eigenvalue weighted by atomic mass is 19.4. The van der Waals surface area contributed by atoms with Gasteiger partial charge in [0, 0.05) is 44.4 Å². The highest BCUT2D eigenvalue weighted by molar-refractivity contribution is 6.32. The first-order valence-corrected chi connectivity index (χ1v) is 12.8. The van der Waals surface area contributed by atoms with Crippen molar-refractivity contribution in [3.05, 3.63) is 40.5 Å². The van der Waals surface area contributed by atoms with Crippen molar-refractivity contribution in [1.29, 1.82) is 5.26 Å². The quantitative estimate of drug-likeness (QED) is 0.291. The summed E-state index contributed by atoms with van der Waals surface area (Å²) in [7, 11) is 1.57. The molecule has 2 heterocycles. The van der Waals surface area contributed by atoms with Crippen molar-refractivity contribution in [3.63, 3.8) is 0 Å². The van der Waals surface area contributed by atoms with Crippen LogP contribution in [0.5, 0.6) is 0 Å². The van der Waals surface area contributed by atoms with Crippen LogP contribution in [0.15, 0.2) is 29.3 Å². The van der Waals surface area contributed by atoms with E-state index in [0.717, 1.165) is 43.4 Å². The monoisotopic (exact) mass is 550 g/mol. The Bertz CT molecular complexity index is 1140. The number of alkyl halides is 3. The zero-order chi connectivity index (χ0) is 28.6. The van der Waals surface area contributed by atoms with Crippen molar-refractivity contribution >= 4 is 23.4 Å². The smallest absolute Gasteiger partial charge is 0.382 e. The number of nitriles is 1. The van der Waals surface area contributed by atoms with Gasteiger partial charge >= 0.3 is 6.18 Å². The molecular formula is C27H33F3N4O5. The summed E-state index contributed by atoms with van der Waals surface area (Å²) in [5, 5.41) is 8.99. The van der Waals surface area contributed by atoms with Gasteiger partial charge in [0.15, 0.2) is 0 Å². The van der Waals surface area contributed by atoms with Crippen LogP contribution in [0.25, 0.3) is 0 Å². The molecule has 212 valence electrons. The predicted octanol–water partition coefficient (Wildman–Crippen LogP) is 3.13. The van der Waals surface area contributed by atoms with Gasteiger partial charge in [0.1, 0.15) is 6.61 Å². The number of anilines is 1. The molecule has 1 saturated heterocycles. The fraction of sp³-hybridized carbons (Fsp3) is 0.556. The normalized spacial score (nSPS) is 16.8. The number of nitrogens with zero attached hydrogens (tertiary/aromatic N) is 4. The van der Waals surface area contributed by atoms with E-state index in [4.69, 9.17) is 14.7 Å². The van der Waals surface area contributed by atoms with Gasteiger partial charge in [-0.25, -0.2) is 4.90 Å². The van der Waals surface area contributed by atoms with E-state index in [1.54, 1.807) is 12.0 Å². The van der Waals surface area contributed by atoms with Crippen LogP contribution < -0.4 is 4.90 Å². The van der Waals surface area contributed by atoms with E-state index in [0.29, 0.717) is 50.8 Å². The summed E-state index contributed by atoms with van der Waals surface area (Å²) < 4.78 is 50.3. The number of hydrogen-bond acceptors (Lipinski definition) is 7. The van der Waals surface area contributed by atoms with Crippen LogP contribution in [0.3, 0.4) is 0 Å². The van der Waals surface area contributed by atoms with Crippen molar-refractivity contribution in [2.45, 2.75) is 38.8 Å². The van der Waals surface area contributed by atoms with Gasteiger partial charge in [0.2, 0.25) is 5.91 Å². The van der Waals surface area contributed by atoms with E-state index >= 15 is 0 Å². The highest BCUT2D eigenvalue weighted by Crippen LogP contribution is 2.36. The zero-order valence-electron chi connectivity index (χ0n) is 22.2. The number of amides is 3. The fourth-order valence-electron chi connectivity index (χ4n) is 4.64. The van der Waals surface area contributed by atoms with E-state index in [-0.39, 0.29) is 23.8 Å². The lowest BCUT2D eigenvalue weighted by atomic mass is 10.0. The number of imide groups is 1. The number of hydrogen-bond donors (Lipinski definition) is 0. The average Bonchev–Trinajstić information content (AvgIpc) is 3.13. The predicted molar refractivity (Wildman–Crippen MR) is 136 cm³/mol. The minimum Gasteiger partial charge on any atom is -0.382 e. The van der Waals surface area contributed by atoms with Crippen molar-refractivity contribution < 1.29 is 37.0 Å². The Hall–Kier alpha value is -3.27. The fourth-order valence-corrected chi connectivity index (χ4v) is 4.64. The molecule has 3 rings (SSSR count). The standard InChI is InChI=1S/C27H33F3N4O5/c1-19-22(26(37)34(25(19)36)21-8-7-20(17-31)23(16-21)27(28,29)30)6-4-3-5-9-32-10-12-33(13-11-32)24(35)18-39-15-14-38-2/h7-8,16H,3-6,9-15,18H2,1-2H3. The number of carbonyl (C=O) groups excluding carboxylic acids is 3. The average molecular weight is 551 g/mol. The number of benzene rings is 1. The first kappa shape index (κ1) is 30.3. The summed E-state index contributed by atoms with van der Waals surface area (Å²) >= 11 is 0. The molecule has 0 unspecified atom stereocenters. The van der Waals surface area contributed by atoms with Gasteiger partial charge < -0.3 is 14.4 Å². The molecular weight excluding hydrogens is 517 g/mol. The molecule has 2 aliphatic rings. The Balaban J connectivity index is 1.44. The number of rotatable bonds is 12. The van der Waals surface area contributed by atoms with Gasteiger partial charge in [0.25, 0.3) is 11.8 Å². The van der Waals surface area contributed by atoms with Gasteiger partial charge in [0.05, 0.1) is 36.1 Å².